The van der Waals surface area contributed by atoms with Crippen molar-refractivity contribution >= 4 is 40.6 Å². The number of ketones is 1. The van der Waals surface area contributed by atoms with Crippen molar-refractivity contribution in [2.24, 2.45) is 0 Å². The molecule has 0 bridgehead atoms. The largest absolute Gasteiger partial charge is 0.322 e. The molecule has 0 unspecified atom stereocenters. The summed E-state index contributed by atoms with van der Waals surface area (Å²) in [6.45, 7) is 0.556. The number of benzene rings is 3. The Morgan fingerprint density at radius 1 is 0.900 bits per heavy atom. The molecule has 5 nitrogen and oxygen atoms in total. The highest BCUT2D eigenvalue weighted by atomic mass is 35.5. The van der Waals surface area contributed by atoms with E-state index in [9.17, 15) is 14.4 Å². The van der Waals surface area contributed by atoms with E-state index in [2.05, 4.69) is 5.32 Å². The molecule has 0 aliphatic carbocycles. The molecule has 1 fully saturated rings. The Labute approximate surface area is 179 Å². The molecule has 6 heteroatoms. The van der Waals surface area contributed by atoms with Gasteiger partial charge in [-0.25, -0.2) is 0 Å². The van der Waals surface area contributed by atoms with Gasteiger partial charge in [0.15, 0.2) is 5.78 Å². The highest BCUT2D eigenvalue weighted by Gasteiger charge is 2.26. The number of carbonyl (C=O) groups is 3. The summed E-state index contributed by atoms with van der Waals surface area (Å²) in [5.74, 6) is -0.519. The number of halogens is 1. The van der Waals surface area contributed by atoms with E-state index in [-0.39, 0.29) is 17.6 Å². The van der Waals surface area contributed by atoms with Crippen LogP contribution in [-0.2, 0) is 4.79 Å². The second-order valence-electron chi connectivity index (χ2n) is 7.04. The second-order valence-corrected chi connectivity index (χ2v) is 7.48. The standard InChI is InChI=1S/C24H19ClN2O3/c25-18-11-12-20(21(15-18)27-13-5-10-22(27)28)24(30)26-19-9-4-8-17(14-19)23(29)16-6-2-1-3-7-16/h1-4,6-9,11-12,14-15H,5,10,13H2,(H,26,30). The molecule has 0 spiro atoms. The van der Waals surface area contributed by atoms with Gasteiger partial charge in [0.05, 0.1) is 11.3 Å². The van der Waals surface area contributed by atoms with Gasteiger partial charge in [0.2, 0.25) is 5.91 Å². The Hall–Kier alpha value is -3.44. The number of carbonyl (C=O) groups excluding carboxylic acids is 3. The lowest BCUT2D eigenvalue weighted by atomic mass is 10.0. The zero-order valence-electron chi connectivity index (χ0n) is 16.1. The number of hydrogen-bond acceptors (Lipinski definition) is 3. The van der Waals surface area contributed by atoms with Gasteiger partial charge in [0.1, 0.15) is 0 Å². The highest BCUT2D eigenvalue weighted by molar-refractivity contribution is 6.31. The predicted molar refractivity (Wildman–Crippen MR) is 117 cm³/mol. The molecule has 0 atom stereocenters. The first-order chi connectivity index (χ1) is 14.5. The van der Waals surface area contributed by atoms with Gasteiger partial charge < -0.3 is 10.2 Å². The average Bonchev–Trinajstić information content (AvgIpc) is 3.19. The lowest BCUT2D eigenvalue weighted by Gasteiger charge is -2.20. The normalized spacial score (nSPS) is 13.4. The fourth-order valence-corrected chi connectivity index (χ4v) is 3.68. The molecule has 1 aliphatic rings. The maximum Gasteiger partial charge on any atom is 0.257 e. The molecule has 150 valence electrons. The summed E-state index contributed by atoms with van der Waals surface area (Å²) in [5.41, 5.74) is 2.41. The lowest BCUT2D eigenvalue weighted by molar-refractivity contribution is -0.117. The summed E-state index contributed by atoms with van der Waals surface area (Å²) in [6.07, 6.45) is 1.20. The first-order valence-corrected chi connectivity index (χ1v) is 10.0. The molecule has 1 N–H and O–H groups in total. The third-order valence-corrected chi connectivity index (χ3v) is 5.22. The van der Waals surface area contributed by atoms with Crippen LogP contribution < -0.4 is 10.2 Å². The smallest absolute Gasteiger partial charge is 0.257 e. The van der Waals surface area contributed by atoms with Gasteiger partial charge in [0, 0.05) is 34.8 Å². The minimum absolute atomic E-state index is 0.0261. The van der Waals surface area contributed by atoms with Crippen LogP contribution in [0, 0.1) is 0 Å². The molecule has 4 rings (SSSR count). The van der Waals surface area contributed by atoms with E-state index >= 15 is 0 Å². The molecule has 30 heavy (non-hydrogen) atoms. The Bertz CT molecular complexity index is 1130. The minimum atomic E-state index is -0.370. The zero-order chi connectivity index (χ0) is 21.1. The highest BCUT2D eigenvalue weighted by Crippen LogP contribution is 2.29. The Morgan fingerprint density at radius 2 is 1.67 bits per heavy atom. The number of nitrogens with one attached hydrogen (secondary N) is 1. The van der Waals surface area contributed by atoms with Crippen LogP contribution >= 0.6 is 11.6 Å². The van der Waals surface area contributed by atoms with Crippen molar-refractivity contribution < 1.29 is 14.4 Å². The molecular formula is C24H19ClN2O3. The van der Waals surface area contributed by atoms with Crippen molar-refractivity contribution in [1.82, 2.24) is 0 Å². The van der Waals surface area contributed by atoms with Crippen molar-refractivity contribution in [3.05, 3.63) is 94.5 Å². The number of hydrogen-bond donors (Lipinski definition) is 1. The van der Waals surface area contributed by atoms with Crippen LogP contribution in [0.3, 0.4) is 0 Å². The molecule has 0 saturated carbocycles. The van der Waals surface area contributed by atoms with Crippen LogP contribution in [0.15, 0.2) is 72.8 Å². The van der Waals surface area contributed by atoms with E-state index in [4.69, 9.17) is 11.6 Å². The second kappa shape index (κ2) is 8.51. The Balaban J connectivity index is 1.59. The van der Waals surface area contributed by atoms with Crippen LogP contribution in [0.2, 0.25) is 5.02 Å². The van der Waals surface area contributed by atoms with Gasteiger partial charge >= 0.3 is 0 Å². The molecule has 3 aromatic rings. The van der Waals surface area contributed by atoms with Crippen molar-refractivity contribution in [1.29, 1.82) is 0 Å². The van der Waals surface area contributed by atoms with Crippen LogP contribution in [0.25, 0.3) is 0 Å². The van der Waals surface area contributed by atoms with Crippen LogP contribution in [0.1, 0.15) is 39.1 Å². The van der Waals surface area contributed by atoms with Crippen LogP contribution in [0.5, 0.6) is 0 Å². The zero-order valence-corrected chi connectivity index (χ0v) is 16.9. The predicted octanol–water partition coefficient (Wildman–Crippen LogP) is 4.95. The van der Waals surface area contributed by atoms with Gasteiger partial charge in [-0.3, -0.25) is 14.4 Å². The van der Waals surface area contributed by atoms with Gasteiger partial charge in [-0.2, -0.15) is 0 Å². The van der Waals surface area contributed by atoms with E-state index < -0.39 is 0 Å². The summed E-state index contributed by atoms with van der Waals surface area (Å²) in [4.78, 5) is 39.4. The van der Waals surface area contributed by atoms with Crippen molar-refractivity contribution in [2.45, 2.75) is 12.8 Å². The summed E-state index contributed by atoms with van der Waals surface area (Å²) >= 11 is 6.11. The molecule has 0 aromatic heterocycles. The van der Waals surface area contributed by atoms with Gasteiger partial charge in [-0.15, -0.1) is 0 Å². The number of amides is 2. The average molecular weight is 419 g/mol. The van der Waals surface area contributed by atoms with E-state index in [1.165, 1.54) is 0 Å². The third-order valence-electron chi connectivity index (χ3n) is 4.99. The first-order valence-electron chi connectivity index (χ1n) is 9.64. The molecule has 2 amide bonds. The minimum Gasteiger partial charge on any atom is -0.322 e. The van der Waals surface area contributed by atoms with E-state index in [1.807, 2.05) is 6.07 Å². The van der Waals surface area contributed by atoms with Crippen molar-refractivity contribution in [3.63, 3.8) is 0 Å². The topological polar surface area (TPSA) is 66.5 Å². The molecule has 0 radical (unpaired) electrons. The Kier molecular flexibility index (Phi) is 5.63. The van der Waals surface area contributed by atoms with Crippen LogP contribution in [0.4, 0.5) is 11.4 Å². The molecule has 1 saturated heterocycles. The van der Waals surface area contributed by atoms with E-state index in [1.54, 1.807) is 71.6 Å². The fraction of sp³-hybridized carbons (Fsp3) is 0.125. The molecule has 1 heterocycles. The first kappa shape index (κ1) is 19.9. The number of anilines is 2. The van der Waals surface area contributed by atoms with Gasteiger partial charge in [0.25, 0.3) is 5.91 Å². The molecule has 1 aliphatic heterocycles. The van der Waals surface area contributed by atoms with Crippen molar-refractivity contribution in [2.75, 3.05) is 16.8 Å². The quantitative estimate of drug-likeness (QED) is 0.596. The van der Waals surface area contributed by atoms with E-state index in [0.29, 0.717) is 46.1 Å². The number of rotatable bonds is 5. The van der Waals surface area contributed by atoms with E-state index in [0.717, 1.165) is 6.42 Å². The fourth-order valence-electron chi connectivity index (χ4n) is 3.52. The maximum atomic E-state index is 13.0. The van der Waals surface area contributed by atoms with Gasteiger partial charge in [-0.05, 0) is 36.8 Å². The Morgan fingerprint density at radius 3 is 2.40 bits per heavy atom. The lowest BCUT2D eigenvalue weighted by Crippen LogP contribution is -2.27. The third kappa shape index (κ3) is 4.11. The molecular weight excluding hydrogens is 400 g/mol. The summed E-state index contributed by atoms with van der Waals surface area (Å²) in [5, 5.41) is 3.29. The summed E-state index contributed by atoms with van der Waals surface area (Å²) < 4.78 is 0. The summed E-state index contributed by atoms with van der Waals surface area (Å²) in [7, 11) is 0. The maximum absolute atomic E-state index is 13.0. The SMILES string of the molecule is O=C(c1ccccc1)c1cccc(NC(=O)c2ccc(Cl)cc2N2CCCC2=O)c1. The van der Waals surface area contributed by atoms with Crippen LogP contribution in [-0.4, -0.2) is 24.1 Å². The molecule has 3 aromatic carbocycles. The van der Waals surface area contributed by atoms with Crippen molar-refractivity contribution in [3.8, 4) is 0 Å². The summed E-state index contributed by atoms with van der Waals surface area (Å²) in [6, 6.07) is 20.6. The monoisotopic (exact) mass is 418 g/mol. The van der Waals surface area contributed by atoms with Gasteiger partial charge in [-0.1, -0.05) is 54.1 Å². The number of nitrogens with zero attached hydrogens (tertiary/aromatic N) is 1.